The van der Waals surface area contributed by atoms with Crippen molar-refractivity contribution < 1.29 is 4.92 Å². The van der Waals surface area contributed by atoms with Gasteiger partial charge < -0.3 is 10.6 Å². The molecule has 0 fully saturated rings. The highest BCUT2D eigenvalue weighted by Gasteiger charge is 2.38. The van der Waals surface area contributed by atoms with Crippen LogP contribution in [-0.4, -0.2) is 11.5 Å². The zero-order chi connectivity index (χ0) is 12.3. The Morgan fingerprint density at radius 3 is 2.69 bits per heavy atom. The molecule has 0 amide bonds. The Hall–Kier alpha value is -1.52. The second kappa shape index (κ2) is 4.55. The maximum absolute atomic E-state index is 11.1. The quantitative estimate of drug-likeness (QED) is 0.567. The van der Waals surface area contributed by atoms with Crippen molar-refractivity contribution in [2.24, 2.45) is 5.41 Å². The molecule has 0 aromatic rings. The van der Waals surface area contributed by atoms with Gasteiger partial charge in [0.15, 0.2) is 5.82 Å². The first-order valence-corrected chi connectivity index (χ1v) is 5.48. The SMILES string of the molecule is CCCNC1=C([N+](=O)[O-])C(C)(C)C=C(C)N1. The number of nitrogens with one attached hydrogen (secondary N) is 2. The van der Waals surface area contributed by atoms with E-state index in [1.165, 1.54) is 0 Å². The van der Waals surface area contributed by atoms with E-state index in [9.17, 15) is 10.1 Å². The van der Waals surface area contributed by atoms with Gasteiger partial charge in [0.2, 0.25) is 0 Å². The third-order valence-corrected chi connectivity index (χ3v) is 2.48. The summed E-state index contributed by atoms with van der Waals surface area (Å²) in [6.45, 7) is 8.36. The van der Waals surface area contributed by atoms with Crippen molar-refractivity contribution >= 4 is 0 Å². The molecule has 1 heterocycles. The Bertz CT molecular complexity index is 356. The molecule has 1 rings (SSSR count). The van der Waals surface area contributed by atoms with E-state index in [-0.39, 0.29) is 10.6 Å². The van der Waals surface area contributed by atoms with Gasteiger partial charge >= 0.3 is 0 Å². The molecule has 0 saturated heterocycles. The van der Waals surface area contributed by atoms with Crippen LogP contribution in [0.25, 0.3) is 0 Å². The van der Waals surface area contributed by atoms with Crippen LogP contribution in [0.15, 0.2) is 23.3 Å². The third-order valence-electron chi connectivity index (χ3n) is 2.48. The van der Waals surface area contributed by atoms with E-state index in [0.29, 0.717) is 5.82 Å². The monoisotopic (exact) mass is 225 g/mol. The highest BCUT2D eigenvalue weighted by Crippen LogP contribution is 2.33. The van der Waals surface area contributed by atoms with Crippen LogP contribution in [0.4, 0.5) is 0 Å². The first-order valence-electron chi connectivity index (χ1n) is 5.48. The van der Waals surface area contributed by atoms with Crippen molar-refractivity contribution in [2.75, 3.05) is 6.54 Å². The normalized spacial score (nSPS) is 18.9. The molecule has 0 aromatic carbocycles. The highest BCUT2D eigenvalue weighted by atomic mass is 16.6. The summed E-state index contributed by atoms with van der Waals surface area (Å²) in [6, 6.07) is 0. The van der Waals surface area contributed by atoms with Gasteiger partial charge in [0, 0.05) is 12.2 Å². The van der Waals surface area contributed by atoms with Gasteiger partial charge in [-0.05, 0) is 33.3 Å². The molecule has 0 atom stereocenters. The first kappa shape index (κ1) is 12.5. The van der Waals surface area contributed by atoms with Crippen molar-refractivity contribution in [3.63, 3.8) is 0 Å². The van der Waals surface area contributed by atoms with E-state index >= 15 is 0 Å². The molecule has 0 radical (unpaired) electrons. The predicted molar refractivity (Wildman–Crippen MR) is 63.0 cm³/mol. The average Bonchev–Trinajstić information content (AvgIpc) is 2.10. The summed E-state index contributed by atoms with van der Waals surface area (Å²) in [5, 5.41) is 17.2. The topological polar surface area (TPSA) is 67.2 Å². The lowest BCUT2D eigenvalue weighted by atomic mass is 9.86. The van der Waals surface area contributed by atoms with E-state index in [1.807, 2.05) is 33.8 Å². The Labute approximate surface area is 95.8 Å². The molecular weight excluding hydrogens is 206 g/mol. The van der Waals surface area contributed by atoms with E-state index in [0.717, 1.165) is 18.7 Å². The summed E-state index contributed by atoms with van der Waals surface area (Å²) in [5.74, 6) is 0.525. The number of nitro groups is 1. The Balaban J connectivity index is 3.08. The fourth-order valence-electron chi connectivity index (χ4n) is 1.93. The molecule has 5 heteroatoms. The van der Waals surface area contributed by atoms with Crippen molar-refractivity contribution in [1.29, 1.82) is 0 Å². The molecule has 0 bridgehead atoms. The summed E-state index contributed by atoms with van der Waals surface area (Å²) >= 11 is 0. The molecule has 0 aromatic heterocycles. The molecule has 5 nitrogen and oxygen atoms in total. The molecule has 2 N–H and O–H groups in total. The summed E-state index contributed by atoms with van der Waals surface area (Å²) < 4.78 is 0. The van der Waals surface area contributed by atoms with Gasteiger partial charge in [-0.25, -0.2) is 0 Å². The number of hydrogen-bond acceptors (Lipinski definition) is 4. The Kier molecular flexibility index (Phi) is 3.57. The molecule has 1 aliphatic rings. The van der Waals surface area contributed by atoms with Crippen molar-refractivity contribution in [3.05, 3.63) is 33.4 Å². The average molecular weight is 225 g/mol. The van der Waals surface area contributed by atoms with Gasteiger partial charge in [0.25, 0.3) is 5.70 Å². The van der Waals surface area contributed by atoms with Crippen molar-refractivity contribution in [3.8, 4) is 0 Å². The van der Waals surface area contributed by atoms with Crippen LogP contribution in [0.3, 0.4) is 0 Å². The van der Waals surface area contributed by atoms with Gasteiger partial charge in [0.1, 0.15) is 0 Å². The highest BCUT2D eigenvalue weighted by molar-refractivity contribution is 5.28. The van der Waals surface area contributed by atoms with E-state index in [4.69, 9.17) is 0 Å². The van der Waals surface area contributed by atoms with E-state index in [1.54, 1.807) is 0 Å². The van der Waals surface area contributed by atoms with Crippen LogP contribution in [0.2, 0.25) is 0 Å². The lowest BCUT2D eigenvalue weighted by Gasteiger charge is -2.27. The fraction of sp³-hybridized carbons (Fsp3) is 0.636. The zero-order valence-electron chi connectivity index (χ0n) is 10.3. The maximum Gasteiger partial charge on any atom is 0.295 e. The summed E-state index contributed by atoms with van der Waals surface area (Å²) in [7, 11) is 0. The maximum atomic E-state index is 11.1. The van der Waals surface area contributed by atoms with Gasteiger partial charge in [-0.1, -0.05) is 6.92 Å². The van der Waals surface area contributed by atoms with Crippen LogP contribution < -0.4 is 10.6 Å². The van der Waals surface area contributed by atoms with Gasteiger partial charge in [0.05, 0.1) is 10.3 Å². The predicted octanol–water partition coefficient (Wildman–Crippen LogP) is 1.96. The standard InChI is InChI=1S/C11H19N3O2/c1-5-6-12-10-9(14(15)16)11(3,4)7-8(2)13-10/h7,12-13H,5-6H2,1-4H3. The molecule has 0 spiro atoms. The van der Waals surface area contributed by atoms with E-state index < -0.39 is 5.41 Å². The molecular formula is C11H19N3O2. The minimum atomic E-state index is -0.547. The molecule has 1 aliphatic heterocycles. The lowest BCUT2D eigenvalue weighted by Crippen LogP contribution is -2.37. The van der Waals surface area contributed by atoms with Crippen molar-refractivity contribution in [1.82, 2.24) is 10.6 Å². The molecule has 0 unspecified atom stereocenters. The van der Waals surface area contributed by atoms with Crippen LogP contribution in [0, 0.1) is 15.5 Å². The summed E-state index contributed by atoms with van der Waals surface area (Å²) in [5.41, 5.74) is 0.593. The zero-order valence-corrected chi connectivity index (χ0v) is 10.3. The molecule has 16 heavy (non-hydrogen) atoms. The van der Waals surface area contributed by atoms with Crippen molar-refractivity contribution in [2.45, 2.75) is 34.1 Å². The lowest BCUT2D eigenvalue weighted by molar-refractivity contribution is -0.439. The molecule has 90 valence electrons. The van der Waals surface area contributed by atoms with Crippen LogP contribution in [0.1, 0.15) is 34.1 Å². The van der Waals surface area contributed by atoms with Crippen LogP contribution >= 0.6 is 0 Å². The second-order valence-electron chi connectivity index (χ2n) is 4.58. The smallest absolute Gasteiger partial charge is 0.295 e. The third kappa shape index (κ3) is 2.53. The fourth-order valence-corrected chi connectivity index (χ4v) is 1.93. The van der Waals surface area contributed by atoms with Crippen LogP contribution in [0.5, 0.6) is 0 Å². The van der Waals surface area contributed by atoms with Gasteiger partial charge in [-0.15, -0.1) is 0 Å². The largest absolute Gasteiger partial charge is 0.366 e. The van der Waals surface area contributed by atoms with Gasteiger partial charge in [-0.2, -0.15) is 0 Å². The van der Waals surface area contributed by atoms with Crippen LogP contribution in [-0.2, 0) is 0 Å². The molecule has 0 saturated carbocycles. The second-order valence-corrected chi connectivity index (χ2v) is 4.58. The number of hydrogen-bond donors (Lipinski definition) is 2. The van der Waals surface area contributed by atoms with Gasteiger partial charge in [-0.3, -0.25) is 10.1 Å². The minimum absolute atomic E-state index is 0.201. The first-order chi connectivity index (χ1) is 7.38. The Morgan fingerprint density at radius 1 is 1.56 bits per heavy atom. The molecule has 0 aliphatic carbocycles. The number of allylic oxidation sites excluding steroid dienone is 2. The van der Waals surface area contributed by atoms with E-state index in [2.05, 4.69) is 10.6 Å². The summed E-state index contributed by atoms with van der Waals surface area (Å²) in [4.78, 5) is 10.8. The number of dihydropyridines is 1. The number of rotatable bonds is 4. The minimum Gasteiger partial charge on any atom is -0.366 e. The number of nitrogens with zero attached hydrogens (tertiary/aromatic N) is 1. The Morgan fingerprint density at radius 2 is 2.19 bits per heavy atom. The summed E-state index contributed by atoms with van der Waals surface area (Å²) in [6.07, 6.45) is 2.81.